The highest BCUT2D eigenvalue weighted by Gasteiger charge is 2.18. The molecule has 5 rings (SSSR count). The Morgan fingerprint density at radius 1 is 1.10 bits per heavy atom. The summed E-state index contributed by atoms with van der Waals surface area (Å²) in [5.74, 6) is 0.650. The van der Waals surface area contributed by atoms with Crippen molar-refractivity contribution in [2.45, 2.75) is 6.92 Å². The fraction of sp³-hybridized carbons (Fsp3) is 0.217. The first-order valence-corrected chi connectivity index (χ1v) is 10.3. The number of benzene rings is 1. The van der Waals surface area contributed by atoms with Crippen LogP contribution in [0.4, 0.5) is 11.5 Å². The molecular weight excluding hydrogens is 390 g/mol. The van der Waals surface area contributed by atoms with Crippen molar-refractivity contribution in [1.29, 1.82) is 0 Å². The molecule has 3 aromatic heterocycles. The molecule has 0 bridgehead atoms. The summed E-state index contributed by atoms with van der Waals surface area (Å²) < 4.78 is 7.34. The lowest BCUT2D eigenvalue weighted by Gasteiger charge is -2.29. The molecule has 156 valence electrons. The summed E-state index contributed by atoms with van der Waals surface area (Å²) >= 11 is 0. The molecule has 1 N–H and O–H groups in total. The number of rotatable bonds is 5. The maximum absolute atomic E-state index is 5.53. The molecule has 1 aromatic carbocycles. The minimum atomic E-state index is 0.650. The first kappa shape index (κ1) is 19.2. The van der Waals surface area contributed by atoms with Crippen LogP contribution in [0.5, 0.6) is 0 Å². The highest BCUT2D eigenvalue weighted by Crippen LogP contribution is 2.27. The molecule has 4 aromatic rings. The average Bonchev–Trinajstić information content (AvgIpc) is 3.24. The predicted molar refractivity (Wildman–Crippen MR) is 122 cm³/mol. The van der Waals surface area contributed by atoms with Crippen molar-refractivity contribution in [2.75, 3.05) is 36.6 Å². The predicted octanol–water partition coefficient (Wildman–Crippen LogP) is 3.38. The molecule has 1 fully saturated rings. The van der Waals surface area contributed by atoms with Gasteiger partial charge in [-0.3, -0.25) is 10.4 Å². The van der Waals surface area contributed by atoms with Gasteiger partial charge in [-0.25, -0.2) is 9.50 Å². The summed E-state index contributed by atoms with van der Waals surface area (Å²) in [6.07, 6.45) is 7.26. The molecule has 1 saturated heterocycles. The van der Waals surface area contributed by atoms with Gasteiger partial charge in [0.15, 0.2) is 11.5 Å². The molecule has 4 heterocycles. The number of anilines is 2. The van der Waals surface area contributed by atoms with Crippen molar-refractivity contribution >= 4 is 23.4 Å². The second kappa shape index (κ2) is 8.53. The van der Waals surface area contributed by atoms with Crippen LogP contribution in [-0.2, 0) is 4.74 Å². The molecule has 0 unspecified atom stereocenters. The van der Waals surface area contributed by atoms with E-state index in [1.54, 1.807) is 18.6 Å². The summed E-state index contributed by atoms with van der Waals surface area (Å²) in [6.45, 7) is 5.07. The maximum Gasteiger partial charge on any atom is 0.177 e. The SMILES string of the molecule is Cc1cccc(/C=N/Nc2cc(N3CCOCC3)c3nc(-c4ccncc4)cn3n2)c1. The van der Waals surface area contributed by atoms with Crippen molar-refractivity contribution in [3.05, 3.63) is 72.2 Å². The highest BCUT2D eigenvalue weighted by atomic mass is 16.5. The van der Waals surface area contributed by atoms with Gasteiger partial charge in [-0.2, -0.15) is 5.10 Å². The number of pyridine rings is 1. The molecule has 8 heteroatoms. The Kier molecular flexibility index (Phi) is 5.28. The number of nitrogens with zero attached hydrogens (tertiary/aromatic N) is 6. The van der Waals surface area contributed by atoms with Gasteiger partial charge in [0, 0.05) is 37.1 Å². The zero-order valence-corrected chi connectivity index (χ0v) is 17.3. The quantitative estimate of drug-likeness (QED) is 0.399. The third-order valence-corrected chi connectivity index (χ3v) is 5.17. The Labute approximate surface area is 180 Å². The van der Waals surface area contributed by atoms with Crippen molar-refractivity contribution in [3.8, 4) is 11.3 Å². The van der Waals surface area contributed by atoms with Gasteiger partial charge >= 0.3 is 0 Å². The van der Waals surface area contributed by atoms with Gasteiger partial charge in [-0.1, -0.05) is 29.8 Å². The Hall–Kier alpha value is -3.78. The molecule has 31 heavy (non-hydrogen) atoms. The van der Waals surface area contributed by atoms with Crippen LogP contribution in [-0.4, -0.2) is 52.1 Å². The largest absolute Gasteiger partial charge is 0.378 e. The second-order valence-corrected chi connectivity index (χ2v) is 7.43. The Balaban J connectivity index is 1.50. The Morgan fingerprint density at radius 2 is 1.94 bits per heavy atom. The number of nitrogens with one attached hydrogen (secondary N) is 1. The topological polar surface area (TPSA) is 79.9 Å². The summed E-state index contributed by atoms with van der Waals surface area (Å²) in [7, 11) is 0. The molecule has 0 atom stereocenters. The number of imidazole rings is 1. The molecule has 0 radical (unpaired) electrons. The van der Waals surface area contributed by atoms with Crippen molar-refractivity contribution < 1.29 is 4.74 Å². The van der Waals surface area contributed by atoms with Gasteiger partial charge in [0.1, 0.15) is 0 Å². The molecule has 0 spiro atoms. The molecular formula is C23H23N7O. The first-order valence-electron chi connectivity index (χ1n) is 10.3. The summed E-state index contributed by atoms with van der Waals surface area (Å²) in [5, 5.41) is 9.07. The van der Waals surface area contributed by atoms with E-state index in [-0.39, 0.29) is 0 Å². The molecule has 8 nitrogen and oxygen atoms in total. The minimum absolute atomic E-state index is 0.650. The fourth-order valence-corrected chi connectivity index (χ4v) is 3.64. The van der Waals surface area contributed by atoms with E-state index in [1.807, 2.05) is 41.0 Å². The van der Waals surface area contributed by atoms with Crippen LogP contribution in [0.25, 0.3) is 16.9 Å². The van der Waals surface area contributed by atoms with Gasteiger partial charge in [0.2, 0.25) is 0 Å². The lowest BCUT2D eigenvalue weighted by molar-refractivity contribution is 0.123. The van der Waals surface area contributed by atoms with Crippen molar-refractivity contribution in [3.63, 3.8) is 0 Å². The normalized spacial score (nSPS) is 14.4. The van der Waals surface area contributed by atoms with Gasteiger partial charge < -0.3 is 9.64 Å². The molecule has 0 aliphatic carbocycles. The third-order valence-electron chi connectivity index (χ3n) is 5.17. The second-order valence-electron chi connectivity index (χ2n) is 7.43. The van der Waals surface area contributed by atoms with E-state index in [0.29, 0.717) is 19.0 Å². The Morgan fingerprint density at radius 3 is 2.74 bits per heavy atom. The minimum Gasteiger partial charge on any atom is -0.378 e. The van der Waals surface area contributed by atoms with E-state index in [9.17, 15) is 0 Å². The van der Waals surface area contributed by atoms with E-state index in [1.165, 1.54) is 5.56 Å². The lowest BCUT2D eigenvalue weighted by atomic mass is 10.2. The van der Waals surface area contributed by atoms with Crippen LogP contribution < -0.4 is 10.3 Å². The Bertz CT molecular complexity index is 1210. The van der Waals surface area contributed by atoms with Gasteiger partial charge in [0.25, 0.3) is 0 Å². The van der Waals surface area contributed by atoms with E-state index in [0.717, 1.165) is 41.2 Å². The summed E-state index contributed by atoms with van der Waals surface area (Å²) in [6, 6.07) is 14.1. The standard InChI is InChI=1S/C23H23N7O/c1-17-3-2-4-18(13-17)15-25-27-22-14-21(29-9-11-31-12-10-29)23-26-20(16-30(23)28-22)19-5-7-24-8-6-19/h2-8,13-16H,9-12H2,1H3,(H,27,28)/b25-15+. The zero-order valence-electron chi connectivity index (χ0n) is 17.3. The lowest BCUT2D eigenvalue weighted by Crippen LogP contribution is -2.36. The van der Waals surface area contributed by atoms with E-state index in [2.05, 4.69) is 44.6 Å². The molecule has 1 aliphatic heterocycles. The monoisotopic (exact) mass is 413 g/mol. The van der Waals surface area contributed by atoms with Gasteiger partial charge in [0.05, 0.1) is 37.0 Å². The van der Waals surface area contributed by atoms with Crippen LogP contribution in [0, 0.1) is 6.92 Å². The summed E-state index contributed by atoms with van der Waals surface area (Å²) in [5.41, 5.74) is 8.97. The average molecular weight is 413 g/mol. The third kappa shape index (κ3) is 4.24. The number of aromatic nitrogens is 4. The smallest absolute Gasteiger partial charge is 0.177 e. The van der Waals surface area contributed by atoms with Gasteiger partial charge in [-0.15, -0.1) is 5.10 Å². The highest BCUT2D eigenvalue weighted by molar-refractivity contribution is 5.81. The summed E-state index contributed by atoms with van der Waals surface area (Å²) in [4.78, 5) is 11.2. The van der Waals surface area contributed by atoms with E-state index < -0.39 is 0 Å². The maximum atomic E-state index is 5.53. The number of ether oxygens (including phenoxy) is 1. The number of fused-ring (bicyclic) bond motifs is 1. The van der Waals surface area contributed by atoms with Crippen LogP contribution in [0.3, 0.4) is 0 Å². The molecule has 0 amide bonds. The van der Waals surface area contributed by atoms with Crippen LogP contribution in [0.1, 0.15) is 11.1 Å². The zero-order chi connectivity index (χ0) is 21.0. The number of hydrogen-bond donors (Lipinski definition) is 1. The van der Waals surface area contributed by atoms with E-state index in [4.69, 9.17) is 9.72 Å². The first-order chi connectivity index (χ1) is 15.3. The van der Waals surface area contributed by atoms with Crippen LogP contribution in [0.2, 0.25) is 0 Å². The number of morpholine rings is 1. The van der Waals surface area contributed by atoms with Gasteiger partial charge in [-0.05, 0) is 24.6 Å². The fourth-order valence-electron chi connectivity index (χ4n) is 3.64. The number of aryl methyl sites for hydroxylation is 1. The number of hydrogen-bond acceptors (Lipinski definition) is 7. The molecule has 0 saturated carbocycles. The van der Waals surface area contributed by atoms with Crippen LogP contribution in [0.15, 0.2) is 66.2 Å². The van der Waals surface area contributed by atoms with Crippen LogP contribution >= 0.6 is 0 Å². The van der Waals surface area contributed by atoms with E-state index >= 15 is 0 Å². The van der Waals surface area contributed by atoms with Crippen molar-refractivity contribution in [2.24, 2.45) is 5.10 Å². The number of hydrazone groups is 1. The van der Waals surface area contributed by atoms with Crippen molar-refractivity contribution in [1.82, 2.24) is 19.6 Å². The molecule has 1 aliphatic rings.